The normalized spacial score (nSPS) is 16.4. The molecule has 0 aliphatic carbocycles. The van der Waals surface area contributed by atoms with E-state index in [-0.39, 0.29) is 23.5 Å². The van der Waals surface area contributed by atoms with Gasteiger partial charge in [-0.15, -0.1) is 0 Å². The predicted octanol–water partition coefficient (Wildman–Crippen LogP) is 4.96. The summed E-state index contributed by atoms with van der Waals surface area (Å²) in [6.07, 6.45) is 0.625. The summed E-state index contributed by atoms with van der Waals surface area (Å²) in [5.41, 5.74) is 2.23. The maximum atomic E-state index is 14.5. The maximum absolute atomic E-state index is 14.5. The number of carbonyl (C=O) groups is 2. The zero-order valence-electron chi connectivity index (χ0n) is 23.8. The number of halogens is 3. The fourth-order valence-electron chi connectivity index (χ4n) is 5.24. The third kappa shape index (κ3) is 6.54. The topological polar surface area (TPSA) is 65.1 Å². The van der Waals surface area contributed by atoms with Gasteiger partial charge in [0.2, 0.25) is 0 Å². The van der Waals surface area contributed by atoms with Gasteiger partial charge in [-0.05, 0) is 67.4 Å². The van der Waals surface area contributed by atoms with E-state index < -0.39 is 17.5 Å². The summed E-state index contributed by atoms with van der Waals surface area (Å²) in [5.74, 6) is -2.45. The molecule has 10 heteroatoms. The van der Waals surface area contributed by atoms with Crippen molar-refractivity contribution < 1.29 is 27.5 Å². The van der Waals surface area contributed by atoms with Crippen LogP contribution in [0, 0.1) is 17.5 Å². The van der Waals surface area contributed by atoms with Crippen molar-refractivity contribution in [3.05, 3.63) is 83.2 Å². The van der Waals surface area contributed by atoms with Gasteiger partial charge in [0.05, 0.1) is 6.10 Å². The first-order valence-electron chi connectivity index (χ1n) is 14.3. The molecule has 5 rings (SSSR count). The number of piperazine rings is 2. The Morgan fingerprint density at radius 1 is 0.810 bits per heavy atom. The molecule has 2 amide bonds. The number of rotatable bonds is 7. The molecule has 2 aliphatic heterocycles. The van der Waals surface area contributed by atoms with Crippen molar-refractivity contribution in [1.29, 1.82) is 0 Å². The molecule has 42 heavy (non-hydrogen) atoms. The van der Waals surface area contributed by atoms with Gasteiger partial charge >= 0.3 is 0 Å². The van der Waals surface area contributed by atoms with Gasteiger partial charge in [0.25, 0.3) is 11.8 Å². The van der Waals surface area contributed by atoms with Gasteiger partial charge in [-0.2, -0.15) is 0 Å². The van der Waals surface area contributed by atoms with Crippen molar-refractivity contribution in [2.75, 3.05) is 57.3 Å². The summed E-state index contributed by atoms with van der Waals surface area (Å²) < 4.78 is 48.2. The van der Waals surface area contributed by atoms with E-state index in [1.165, 1.54) is 18.2 Å². The lowest BCUT2D eigenvalue weighted by Gasteiger charge is -2.35. The van der Waals surface area contributed by atoms with Crippen LogP contribution in [0.4, 0.5) is 18.9 Å². The lowest BCUT2D eigenvalue weighted by Crippen LogP contribution is -2.50. The Morgan fingerprint density at radius 2 is 1.48 bits per heavy atom. The number of hydrogen-bond donors (Lipinski definition) is 1. The summed E-state index contributed by atoms with van der Waals surface area (Å²) in [4.78, 5) is 32.1. The van der Waals surface area contributed by atoms with Gasteiger partial charge < -0.3 is 24.8 Å². The molecular formula is C32H35F3N4O3. The molecule has 0 unspecified atom stereocenters. The fraction of sp³-hybridized carbons (Fsp3) is 0.375. The first kappa shape index (κ1) is 29.4. The monoisotopic (exact) mass is 580 g/mol. The molecule has 2 saturated heterocycles. The third-order valence-corrected chi connectivity index (χ3v) is 7.83. The van der Waals surface area contributed by atoms with Crippen molar-refractivity contribution >= 4 is 17.5 Å². The number of nitrogens with zero attached hydrogens (tertiary/aromatic N) is 3. The molecule has 0 radical (unpaired) electrons. The molecule has 2 fully saturated rings. The largest absolute Gasteiger partial charge is 0.490 e. The van der Waals surface area contributed by atoms with Crippen LogP contribution in [0.15, 0.2) is 54.6 Å². The number of benzene rings is 3. The van der Waals surface area contributed by atoms with E-state index in [1.807, 2.05) is 13.8 Å². The van der Waals surface area contributed by atoms with E-state index in [2.05, 4.69) is 10.2 Å². The Bertz CT molecular complexity index is 1450. The molecule has 0 bridgehead atoms. The summed E-state index contributed by atoms with van der Waals surface area (Å²) >= 11 is 0. The van der Waals surface area contributed by atoms with Gasteiger partial charge in [-0.3, -0.25) is 9.59 Å². The van der Waals surface area contributed by atoms with Crippen LogP contribution in [0.3, 0.4) is 0 Å². The van der Waals surface area contributed by atoms with Crippen LogP contribution in [0.5, 0.6) is 5.75 Å². The minimum atomic E-state index is -0.988. The smallest absolute Gasteiger partial charge is 0.254 e. The van der Waals surface area contributed by atoms with Crippen LogP contribution < -0.4 is 15.0 Å². The Hall–Kier alpha value is -4.05. The number of amides is 2. The molecule has 222 valence electrons. The highest BCUT2D eigenvalue weighted by Crippen LogP contribution is 2.33. The highest BCUT2D eigenvalue weighted by molar-refractivity contribution is 5.97. The molecule has 0 spiro atoms. The average Bonchev–Trinajstić information content (AvgIpc) is 3.02. The van der Waals surface area contributed by atoms with Gasteiger partial charge in [0.1, 0.15) is 11.6 Å². The fourth-order valence-corrected chi connectivity index (χ4v) is 5.24. The Morgan fingerprint density at radius 3 is 2.12 bits per heavy atom. The number of carbonyl (C=O) groups excluding carboxylic acids is 2. The average molecular weight is 581 g/mol. The zero-order valence-corrected chi connectivity index (χ0v) is 23.8. The summed E-state index contributed by atoms with van der Waals surface area (Å²) in [7, 11) is 0. The minimum absolute atomic E-state index is 0.118. The predicted molar refractivity (Wildman–Crippen MR) is 155 cm³/mol. The van der Waals surface area contributed by atoms with Crippen molar-refractivity contribution in [1.82, 2.24) is 15.1 Å². The van der Waals surface area contributed by atoms with Crippen LogP contribution in [-0.2, 0) is 0 Å². The molecule has 1 N–H and O–H groups in total. The van der Waals surface area contributed by atoms with Gasteiger partial charge in [0, 0.05) is 74.7 Å². The highest BCUT2D eigenvalue weighted by atomic mass is 19.2. The number of nitrogens with one attached hydrogen (secondary N) is 1. The second-order valence-electron chi connectivity index (χ2n) is 10.7. The van der Waals surface area contributed by atoms with Crippen molar-refractivity contribution in [3.8, 4) is 16.9 Å². The quantitative estimate of drug-likeness (QED) is 0.428. The Labute approximate surface area is 243 Å². The Kier molecular flexibility index (Phi) is 9.01. The lowest BCUT2D eigenvalue weighted by atomic mass is 10.0. The summed E-state index contributed by atoms with van der Waals surface area (Å²) in [6, 6.07) is 13.0. The van der Waals surface area contributed by atoms with Crippen molar-refractivity contribution in [3.63, 3.8) is 0 Å². The first-order chi connectivity index (χ1) is 20.2. The lowest BCUT2D eigenvalue weighted by molar-refractivity contribution is 0.0535. The third-order valence-electron chi connectivity index (χ3n) is 7.83. The second kappa shape index (κ2) is 12.9. The van der Waals surface area contributed by atoms with E-state index in [1.54, 1.807) is 34.1 Å². The van der Waals surface area contributed by atoms with Crippen LogP contribution in [0.2, 0.25) is 0 Å². The summed E-state index contributed by atoms with van der Waals surface area (Å²) in [5, 5.41) is 3.26. The molecule has 3 aromatic carbocycles. The molecule has 2 heterocycles. The molecular weight excluding hydrogens is 545 g/mol. The molecule has 3 aromatic rings. The SMILES string of the molecule is CC[C@@H](C)Oc1ccc(C(=O)N2CCN(C(=O)c3cc(F)cc(N4CCNCC4)c3)CC2)cc1-c1ccc(F)c(F)c1. The van der Waals surface area contributed by atoms with E-state index in [0.717, 1.165) is 44.7 Å². The number of anilines is 1. The zero-order chi connectivity index (χ0) is 29.8. The minimum Gasteiger partial charge on any atom is -0.490 e. The molecule has 0 saturated carbocycles. The standard InChI is InChI=1S/C32H35F3N4O3/c1-3-21(2)42-30-7-5-23(18-27(30)22-4-6-28(34)29(35)19-22)31(40)38-12-14-39(15-13-38)32(41)24-16-25(33)20-26(17-24)37-10-8-36-9-11-37/h4-7,16-21,36H,3,8-15H2,1-2H3/t21-/m1/s1. The number of ether oxygens (including phenoxy) is 1. The highest BCUT2D eigenvalue weighted by Gasteiger charge is 2.27. The van der Waals surface area contributed by atoms with Crippen molar-refractivity contribution in [2.24, 2.45) is 0 Å². The molecule has 0 aromatic heterocycles. The van der Waals surface area contributed by atoms with Gasteiger partial charge in [-0.25, -0.2) is 13.2 Å². The van der Waals surface area contributed by atoms with Crippen LogP contribution >= 0.6 is 0 Å². The molecule has 2 aliphatic rings. The van der Waals surface area contributed by atoms with E-state index in [4.69, 9.17) is 4.74 Å². The van der Waals surface area contributed by atoms with Crippen LogP contribution in [0.1, 0.15) is 41.0 Å². The van der Waals surface area contributed by atoms with Crippen LogP contribution in [-0.4, -0.2) is 80.1 Å². The van der Waals surface area contributed by atoms with E-state index in [9.17, 15) is 22.8 Å². The first-order valence-corrected chi connectivity index (χ1v) is 14.3. The maximum Gasteiger partial charge on any atom is 0.254 e. The molecule has 7 nitrogen and oxygen atoms in total. The van der Waals surface area contributed by atoms with Gasteiger partial charge in [0.15, 0.2) is 11.6 Å². The second-order valence-corrected chi connectivity index (χ2v) is 10.7. The number of hydrogen-bond acceptors (Lipinski definition) is 5. The Balaban J connectivity index is 1.30. The van der Waals surface area contributed by atoms with Crippen molar-refractivity contribution in [2.45, 2.75) is 26.4 Å². The molecule has 1 atom stereocenters. The summed E-state index contributed by atoms with van der Waals surface area (Å²) in [6.45, 7) is 8.16. The van der Waals surface area contributed by atoms with Crippen LogP contribution in [0.25, 0.3) is 11.1 Å². The van der Waals surface area contributed by atoms with E-state index in [0.29, 0.717) is 54.3 Å². The van der Waals surface area contributed by atoms with Gasteiger partial charge in [-0.1, -0.05) is 13.0 Å². The van der Waals surface area contributed by atoms with E-state index >= 15 is 0 Å².